The molecule has 5 heteroatoms. The molecule has 2 aromatic heterocycles. The zero-order valence-corrected chi connectivity index (χ0v) is 8.67. The van der Waals surface area contributed by atoms with Crippen molar-refractivity contribution >= 4 is 11.6 Å². The van der Waals surface area contributed by atoms with Crippen LogP contribution in [0.4, 0.5) is 0 Å². The summed E-state index contributed by atoms with van der Waals surface area (Å²) in [6.45, 7) is 2.06. The highest BCUT2D eigenvalue weighted by Gasteiger charge is 1.99. The van der Waals surface area contributed by atoms with Crippen LogP contribution in [0.15, 0.2) is 24.8 Å². The minimum Gasteiger partial charge on any atom is -0.456 e. The lowest BCUT2D eigenvalue weighted by Crippen LogP contribution is -1.99. The fourth-order valence-electron chi connectivity index (χ4n) is 1.22. The third-order valence-corrected chi connectivity index (χ3v) is 1.89. The number of carbonyl (C=O) groups is 1. The number of esters is 1. The lowest BCUT2D eigenvalue weighted by Gasteiger charge is -1.92. The van der Waals surface area contributed by atoms with Gasteiger partial charge in [0.05, 0.1) is 19.0 Å². The summed E-state index contributed by atoms with van der Waals surface area (Å²) in [6, 6.07) is 0. The first-order chi connectivity index (χ1) is 7.81. The highest BCUT2D eigenvalue weighted by molar-refractivity contribution is 5.89. The third kappa shape index (κ3) is 2.01. The lowest BCUT2D eigenvalue weighted by atomic mass is 10.4. The van der Waals surface area contributed by atoms with Gasteiger partial charge in [-0.15, -0.1) is 0 Å². The van der Waals surface area contributed by atoms with Gasteiger partial charge in [0.1, 0.15) is 5.69 Å². The van der Waals surface area contributed by atoms with E-state index < -0.39 is 5.97 Å². The highest BCUT2D eigenvalue weighted by atomic mass is 16.5. The molecular weight excluding hydrogens is 206 g/mol. The predicted octanol–water partition coefficient (Wildman–Crippen LogP) is 0.644. The number of imidazole rings is 1. The summed E-state index contributed by atoms with van der Waals surface area (Å²) in [6.07, 6.45) is 6.57. The monoisotopic (exact) mass is 215 g/mol. The van der Waals surface area contributed by atoms with E-state index in [9.17, 15) is 4.79 Å². The number of fused-ring (bicyclic) bond motifs is 1. The van der Waals surface area contributed by atoms with Crippen LogP contribution in [-0.4, -0.2) is 26.9 Å². The molecule has 0 bridgehead atoms. The molecular formula is C11H9N3O2. The van der Waals surface area contributed by atoms with Crippen LogP contribution in [0.5, 0.6) is 0 Å². The topological polar surface area (TPSA) is 56.5 Å². The van der Waals surface area contributed by atoms with Gasteiger partial charge in [0.15, 0.2) is 5.65 Å². The van der Waals surface area contributed by atoms with E-state index in [-0.39, 0.29) is 0 Å². The number of hydrogen-bond donors (Lipinski definition) is 0. The Hall–Kier alpha value is -2.35. The first kappa shape index (κ1) is 10.2. The predicted molar refractivity (Wildman–Crippen MR) is 56.5 cm³/mol. The van der Waals surface area contributed by atoms with Crippen molar-refractivity contribution in [3.63, 3.8) is 0 Å². The van der Waals surface area contributed by atoms with Crippen molar-refractivity contribution in [3.05, 3.63) is 30.5 Å². The van der Waals surface area contributed by atoms with Gasteiger partial charge in [-0.3, -0.25) is 9.38 Å². The van der Waals surface area contributed by atoms with Crippen LogP contribution in [0.2, 0.25) is 0 Å². The molecule has 80 valence electrons. The second kappa shape index (κ2) is 4.45. The average Bonchev–Trinajstić information content (AvgIpc) is 2.70. The Kier molecular flexibility index (Phi) is 2.83. The van der Waals surface area contributed by atoms with Gasteiger partial charge in [0.25, 0.3) is 0 Å². The van der Waals surface area contributed by atoms with Crippen molar-refractivity contribution in [2.45, 2.75) is 6.92 Å². The fourth-order valence-corrected chi connectivity index (χ4v) is 1.22. The van der Waals surface area contributed by atoms with Gasteiger partial charge in [-0.05, 0) is 12.8 Å². The van der Waals surface area contributed by atoms with Crippen molar-refractivity contribution in [3.8, 4) is 11.8 Å². The molecule has 0 N–H and O–H groups in total. The number of hydrogen-bond acceptors (Lipinski definition) is 4. The van der Waals surface area contributed by atoms with E-state index in [1.54, 1.807) is 36.1 Å². The van der Waals surface area contributed by atoms with Crippen LogP contribution in [0.1, 0.15) is 12.6 Å². The first-order valence-corrected chi connectivity index (χ1v) is 4.77. The normalized spacial score (nSPS) is 9.56. The molecule has 2 heterocycles. The maximum Gasteiger partial charge on any atom is 0.384 e. The fraction of sp³-hybridized carbons (Fsp3) is 0.182. The summed E-state index contributed by atoms with van der Waals surface area (Å²) in [4.78, 5) is 19.1. The average molecular weight is 215 g/mol. The second-order valence-electron chi connectivity index (χ2n) is 2.92. The Balaban J connectivity index is 2.31. The van der Waals surface area contributed by atoms with Gasteiger partial charge in [-0.2, -0.15) is 0 Å². The van der Waals surface area contributed by atoms with Crippen LogP contribution in [0, 0.1) is 11.8 Å². The molecule has 2 rings (SSSR count). The Morgan fingerprint density at radius 1 is 1.56 bits per heavy atom. The van der Waals surface area contributed by atoms with E-state index in [0.29, 0.717) is 17.9 Å². The third-order valence-electron chi connectivity index (χ3n) is 1.89. The van der Waals surface area contributed by atoms with Gasteiger partial charge in [-0.25, -0.2) is 9.78 Å². The first-order valence-electron chi connectivity index (χ1n) is 4.77. The van der Waals surface area contributed by atoms with E-state index >= 15 is 0 Å². The van der Waals surface area contributed by atoms with Crippen molar-refractivity contribution in [1.29, 1.82) is 0 Å². The van der Waals surface area contributed by atoms with Crippen LogP contribution >= 0.6 is 0 Å². The molecule has 0 unspecified atom stereocenters. The number of ether oxygens (including phenoxy) is 1. The zero-order chi connectivity index (χ0) is 11.4. The number of nitrogens with zero attached hydrogens (tertiary/aromatic N) is 3. The van der Waals surface area contributed by atoms with Crippen molar-refractivity contribution in [2.24, 2.45) is 0 Å². The minimum absolute atomic E-state index is 0.324. The quantitative estimate of drug-likeness (QED) is 0.517. The molecule has 0 fully saturated rings. The Bertz CT molecular complexity index is 577. The van der Waals surface area contributed by atoms with E-state index in [2.05, 4.69) is 21.8 Å². The maximum atomic E-state index is 11.0. The molecule has 0 aliphatic rings. The minimum atomic E-state index is -0.536. The molecule has 16 heavy (non-hydrogen) atoms. The Labute approximate surface area is 92.1 Å². The van der Waals surface area contributed by atoms with Gasteiger partial charge in [-0.1, -0.05) is 0 Å². The van der Waals surface area contributed by atoms with Crippen LogP contribution < -0.4 is 0 Å². The van der Waals surface area contributed by atoms with E-state index in [0.717, 1.165) is 0 Å². The second-order valence-corrected chi connectivity index (χ2v) is 2.92. The van der Waals surface area contributed by atoms with Crippen molar-refractivity contribution in [1.82, 2.24) is 14.4 Å². The summed E-state index contributed by atoms with van der Waals surface area (Å²) < 4.78 is 6.45. The lowest BCUT2D eigenvalue weighted by molar-refractivity contribution is -0.136. The maximum absolute atomic E-state index is 11.0. The number of rotatable bonds is 1. The smallest absolute Gasteiger partial charge is 0.384 e. The SMILES string of the molecule is CCOC(=O)C#Cc1cnc2cnccn12. The van der Waals surface area contributed by atoms with Gasteiger partial charge >= 0.3 is 5.97 Å². The molecule has 2 aromatic rings. The Morgan fingerprint density at radius 2 is 2.44 bits per heavy atom. The number of aromatic nitrogens is 3. The van der Waals surface area contributed by atoms with Crippen LogP contribution in [0.25, 0.3) is 5.65 Å². The molecule has 5 nitrogen and oxygen atoms in total. The summed E-state index contributed by atoms with van der Waals surface area (Å²) in [5.74, 6) is 4.55. The van der Waals surface area contributed by atoms with Gasteiger partial charge in [0.2, 0.25) is 0 Å². The summed E-state index contributed by atoms with van der Waals surface area (Å²) in [5.41, 5.74) is 1.32. The molecule has 0 aliphatic carbocycles. The number of carbonyl (C=O) groups excluding carboxylic acids is 1. The summed E-state index contributed by atoms with van der Waals surface area (Å²) in [5, 5.41) is 0. The molecule has 0 aromatic carbocycles. The zero-order valence-electron chi connectivity index (χ0n) is 8.67. The van der Waals surface area contributed by atoms with Crippen LogP contribution in [-0.2, 0) is 9.53 Å². The molecule has 0 atom stereocenters. The largest absolute Gasteiger partial charge is 0.456 e. The summed E-state index contributed by atoms with van der Waals surface area (Å²) >= 11 is 0. The molecule has 0 saturated carbocycles. The standard InChI is InChI=1S/C11H9N3O2/c1-2-16-11(15)4-3-9-7-13-10-8-12-5-6-14(9)10/h5-8H,2H2,1H3. The molecule has 0 saturated heterocycles. The van der Waals surface area contributed by atoms with Crippen molar-refractivity contribution < 1.29 is 9.53 Å². The van der Waals surface area contributed by atoms with E-state index in [4.69, 9.17) is 4.74 Å². The molecule has 0 aliphatic heterocycles. The highest BCUT2D eigenvalue weighted by Crippen LogP contribution is 2.02. The van der Waals surface area contributed by atoms with E-state index in [1.165, 1.54) is 0 Å². The molecule has 0 radical (unpaired) electrons. The summed E-state index contributed by atoms with van der Waals surface area (Å²) in [7, 11) is 0. The molecule has 0 amide bonds. The van der Waals surface area contributed by atoms with E-state index in [1.807, 2.05) is 0 Å². The Morgan fingerprint density at radius 3 is 3.25 bits per heavy atom. The van der Waals surface area contributed by atoms with Gasteiger partial charge < -0.3 is 4.74 Å². The van der Waals surface area contributed by atoms with Crippen LogP contribution in [0.3, 0.4) is 0 Å². The van der Waals surface area contributed by atoms with Gasteiger partial charge in [0, 0.05) is 18.3 Å². The van der Waals surface area contributed by atoms with Crippen molar-refractivity contribution in [2.75, 3.05) is 6.61 Å². The molecule has 0 spiro atoms.